The third-order valence-electron chi connectivity index (χ3n) is 4.73. The van der Waals surface area contributed by atoms with Gasteiger partial charge in [0.15, 0.2) is 0 Å². The van der Waals surface area contributed by atoms with Crippen molar-refractivity contribution in [2.45, 2.75) is 45.3 Å². The second-order valence-electron chi connectivity index (χ2n) is 6.26. The number of H-pyrrole nitrogens is 1. The number of piperidine rings is 1. The van der Waals surface area contributed by atoms with Gasteiger partial charge in [-0.15, -0.1) is 0 Å². The Bertz CT molecular complexity index is 839. The number of aromatic nitrogens is 5. The number of hydrogen-bond donors (Lipinski definition) is 1. The van der Waals surface area contributed by atoms with E-state index < -0.39 is 0 Å². The molecule has 126 valence electrons. The summed E-state index contributed by atoms with van der Waals surface area (Å²) < 4.78 is 15.4. The van der Waals surface area contributed by atoms with E-state index in [1.165, 1.54) is 25.0 Å². The molecule has 7 heteroatoms. The number of nitrogens with zero attached hydrogens (tertiary/aromatic N) is 5. The second-order valence-corrected chi connectivity index (χ2v) is 6.26. The molecule has 1 aliphatic heterocycles. The van der Waals surface area contributed by atoms with E-state index in [-0.39, 0.29) is 11.9 Å². The minimum atomic E-state index is -0.241. The number of benzene rings is 1. The van der Waals surface area contributed by atoms with Crippen LogP contribution in [0.3, 0.4) is 0 Å². The Labute approximate surface area is 139 Å². The van der Waals surface area contributed by atoms with Crippen LogP contribution in [-0.2, 0) is 13.1 Å². The summed E-state index contributed by atoms with van der Waals surface area (Å²) in [5, 5.41) is 4.26. The molecule has 0 saturated carbocycles. The maximum Gasteiger partial charge on any atom is 0.141 e. The Kier molecular flexibility index (Phi) is 4.02. The summed E-state index contributed by atoms with van der Waals surface area (Å²) in [6, 6.07) is 4.89. The normalized spacial score (nSPS) is 19.2. The van der Waals surface area contributed by atoms with Crippen molar-refractivity contribution in [2.24, 2.45) is 0 Å². The maximum absolute atomic E-state index is 13.4. The number of aromatic amines is 1. The minimum absolute atomic E-state index is 0.205. The Morgan fingerprint density at radius 1 is 1.33 bits per heavy atom. The van der Waals surface area contributed by atoms with E-state index in [2.05, 4.69) is 26.9 Å². The first-order chi connectivity index (χ1) is 11.7. The standard InChI is InChI=1S/C17H21FN6/c1-2-24-16(19-11-20-24)10-23-8-4-3-5-15(23)17-21-13-7-6-12(18)9-14(13)22-17/h6-7,9,11,15H,2-5,8,10H2,1H3,(H,21,22). The molecule has 3 heterocycles. The predicted molar refractivity (Wildman–Crippen MR) is 88.7 cm³/mol. The van der Waals surface area contributed by atoms with Crippen LogP contribution in [0.1, 0.15) is 43.9 Å². The van der Waals surface area contributed by atoms with E-state index in [1.807, 2.05) is 4.68 Å². The Morgan fingerprint density at radius 3 is 3.12 bits per heavy atom. The summed E-state index contributed by atoms with van der Waals surface area (Å²) in [7, 11) is 0. The van der Waals surface area contributed by atoms with Gasteiger partial charge in [-0.25, -0.2) is 19.0 Å². The molecule has 0 spiro atoms. The third-order valence-corrected chi connectivity index (χ3v) is 4.73. The van der Waals surface area contributed by atoms with Gasteiger partial charge in [-0.05, 0) is 44.5 Å². The number of imidazole rings is 1. The second kappa shape index (κ2) is 6.32. The number of rotatable bonds is 4. The molecule has 1 unspecified atom stereocenters. The first-order valence-corrected chi connectivity index (χ1v) is 8.50. The first-order valence-electron chi connectivity index (χ1n) is 8.50. The van der Waals surface area contributed by atoms with Crippen LogP contribution in [-0.4, -0.2) is 36.2 Å². The molecule has 1 aromatic carbocycles. The van der Waals surface area contributed by atoms with Gasteiger partial charge < -0.3 is 4.98 Å². The molecule has 0 radical (unpaired) electrons. The van der Waals surface area contributed by atoms with Crippen LogP contribution in [0.2, 0.25) is 0 Å². The highest BCUT2D eigenvalue weighted by molar-refractivity contribution is 5.75. The van der Waals surface area contributed by atoms with Crippen molar-refractivity contribution in [1.29, 1.82) is 0 Å². The maximum atomic E-state index is 13.4. The summed E-state index contributed by atoms with van der Waals surface area (Å²) in [6.45, 7) is 4.65. The van der Waals surface area contributed by atoms with Crippen LogP contribution in [0, 0.1) is 5.82 Å². The Balaban J connectivity index is 1.63. The number of likely N-dealkylation sites (tertiary alicyclic amines) is 1. The molecule has 2 aromatic heterocycles. The number of hydrogen-bond acceptors (Lipinski definition) is 4. The number of halogens is 1. The lowest BCUT2D eigenvalue weighted by Crippen LogP contribution is -2.34. The summed E-state index contributed by atoms with van der Waals surface area (Å²) >= 11 is 0. The summed E-state index contributed by atoms with van der Waals surface area (Å²) in [4.78, 5) is 14.8. The fourth-order valence-electron chi connectivity index (χ4n) is 3.51. The molecule has 6 nitrogen and oxygen atoms in total. The van der Waals surface area contributed by atoms with Gasteiger partial charge in [0.05, 0.1) is 23.6 Å². The molecular formula is C17H21FN6. The van der Waals surface area contributed by atoms with Crippen molar-refractivity contribution in [2.75, 3.05) is 6.54 Å². The number of fused-ring (bicyclic) bond motifs is 1. The molecule has 0 aliphatic carbocycles. The van der Waals surface area contributed by atoms with Crippen LogP contribution >= 0.6 is 0 Å². The van der Waals surface area contributed by atoms with E-state index >= 15 is 0 Å². The molecule has 0 amide bonds. The molecule has 1 N–H and O–H groups in total. The lowest BCUT2D eigenvalue weighted by Gasteiger charge is -2.34. The number of aryl methyl sites for hydroxylation is 1. The van der Waals surface area contributed by atoms with Gasteiger partial charge in [0, 0.05) is 6.54 Å². The van der Waals surface area contributed by atoms with Gasteiger partial charge in [-0.3, -0.25) is 4.90 Å². The predicted octanol–water partition coefficient (Wildman–Crippen LogP) is 3.04. The first kappa shape index (κ1) is 15.3. The zero-order valence-electron chi connectivity index (χ0n) is 13.7. The third kappa shape index (κ3) is 2.80. The molecular weight excluding hydrogens is 307 g/mol. The van der Waals surface area contributed by atoms with E-state index in [4.69, 9.17) is 4.98 Å². The van der Waals surface area contributed by atoms with E-state index in [0.717, 1.165) is 48.7 Å². The van der Waals surface area contributed by atoms with Crippen molar-refractivity contribution in [1.82, 2.24) is 29.6 Å². The van der Waals surface area contributed by atoms with Gasteiger partial charge >= 0.3 is 0 Å². The lowest BCUT2D eigenvalue weighted by molar-refractivity contribution is 0.129. The molecule has 3 aromatic rings. The molecule has 1 atom stereocenters. The van der Waals surface area contributed by atoms with Crippen molar-refractivity contribution in [3.05, 3.63) is 42.0 Å². The van der Waals surface area contributed by atoms with E-state index in [9.17, 15) is 4.39 Å². The molecule has 1 aliphatic rings. The monoisotopic (exact) mass is 328 g/mol. The fraction of sp³-hybridized carbons (Fsp3) is 0.471. The van der Waals surface area contributed by atoms with Crippen LogP contribution in [0.15, 0.2) is 24.5 Å². The lowest BCUT2D eigenvalue weighted by atomic mass is 10.0. The van der Waals surface area contributed by atoms with Gasteiger partial charge in [0.1, 0.15) is 23.8 Å². The number of nitrogens with one attached hydrogen (secondary N) is 1. The van der Waals surface area contributed by atoms with Crippen LogP contribution in [0.5, 0.6) is 0 Å². The highest BCUT2D eigenvalue weighted by Gasteiger charge is 2.27. The highest BCUT2D eigenvalue weighted by Crippen LogP contribution is 2.31. The average molecular weight is 328 g/mol. The smallest absolute Gasteiger partial charge is 0.141 e. The van der Waals surface area contributed by atoms with Crippen LogP contribution in [0.25, 0.3) is 11.0 Å². The molecule has 0 bridgehead atoms. The zero-order valence-corrected chi connectivity index (χ0v) is 13.7. The molecule has 4 rings (SSSR count). The highest BCUT2D eigenvalue weighted by atomic mass is 19.1. The quantitative estimate of drug-likeness (QED) is 0.799. The van der Waals surface area contributed by atoms with Crippen molar-refractivity contribution >= 4 is 11.0 Å². The van der Waals surface area contributed by atoms with E-state index in [1.54, 1.807) is 12.4 Å². The largest absolute Gasteiger partial charge is 0.341 e. The zero-order chi connectivity index (χ0) is 16.5. The summed E-state index contributed by atoms with van der Waals surface area (Å²) in [5.74, 6) is 1.65. The van der Waals surface area contributed by atoms with Crippen LogP contribution < -0.4 is 0 Å². The summed E-state index contributed by atoms with van der Waals surface area (Å²) in [6.07, 6.45) is 5.00. The fourth-order valence-corrected chi connectivity index (χ4v) is 3.51. The van der Waals surface area contributed by atoms with Crippen LogP contribution in [0.4, 0.5) is 4.39 Å². The van der Waals surface area contributed by atoms with Crippen molar-refractivity contribution in [3.8, 4) is 0 Å². The molecule has 1 fully saturated rings. The van der Waals surface area contributed by atoms with Gasteiger partial charge in [0.25, 0.3) is 0 Å². The van der Waals surface area contributed by atoms with Crippen molar-refractivity contribution in [3.63, 3.8) is 0 Å². The minimum Gasteiger partial charge on any atom is -0.341 e. The van der Waals surface area contributed by atoms with Gasteiger partial charge in [-0.1, -0.05) is 6.42 Å². The van der Waals surface area contributed by atoms with Gasteiger partial charge in [-0.2, -0.15) is 5.10 Å². The SMILES string of the molecule is CCn1ncnc1CN1CCCCC1c1nc2ccc(F)cc2[nH]1. The Hall–Kier alpha value is -2.28. The van der Waals surface area contributed by atoms with Gasteiger partial charge in [0.2, 0.25) is 0 Å². The molecule has 24 heavy (non-hydrogen) atoms. The van der Waals surface area contributed by atoms with Crippen molar-refractivity contribution < 1.29 is 4.39 Å². The topological polar surface area (TPSA) is 62.6 Å². The summed E-state index contributed by atoms with van der Waals surface area (Å²) in [5.41, 5.74) is 1.57. The Morgan fingerprint density at radius 2 is 2.25 bits per heavy atom. The van der Waals surface area contributed by atoms with E-state index in [0.29, 0.717) is 0 Å². The molecule has 1 saturated heterocycles. The average Bonchev–Trinajstić information content (AvgIpc) is 3.21.